The molecule has 0 radical (unpaired) electrons. The maximum absolute atomic E-state index is 12.1. The number of hydrogen-bond acceptors (Lipinski definition) is 4. The van der Waals surface area contributed by atoms with E-state index in [4.69, 9.17) is 5.73 Å². The Labute approximate surface area is 111 Å². The lowest BCUT2D eigenvalue weighted by molar-refractivity contribution is 0.0653. The van der Waals surface area contributed by atoms with Crippen molar-refractivity contribution in [3.8, 4) is 0 Å². The fourth-order valence-electron chi connectivity index (χ4n) is 2.08. The Kier molecular flexibility index (Phi) is 3.91. The van der Waals surface area contributed by atoms with Gasteiger partial charge in [-0.1, -0.05) is 6.07 Å². The minimum Gasteiger partial charge on any atom is -0.398 e. The predicted octanol–water partition coefficient (Wildman–Crippen LogP) is 2.01. The van der Waals surface area contributed by atoms with Crippen LogP contribution in [0.1, 0.15) is 33.6 Å². The maximum atomic E-state index is 12.1. The summed E-state index contributed by atoms with van der Waals surface area (Å²) >= 11 is 1.77. The van der Waals surface area contributed by atoms with Gasteiger partial charge in [-0.15, -0.1) is 0 Å². The first kappa shape index (κ1) is 13.0. The number of thioether (sulfide) groups is 1. The first-order valence-corrected chi connectivity index (χ1v) is 7.30. The SMILES string of the molecule is CSCCCCN1C(=O)c2cccc(N)c2C1=O. The molecule has 1 aliphatic rings. The summed E-state index contributed by atoms with van der Waals surface area (Å²) in [5.41, 5.74) is 6.95. The monoisotopic (exact) mass is 264 g/mol. The first-order chi connectivity index (χ1) is 8.66. The number of fused-ring (bicyclic) bond motifs is 1. The van der Waals surface area contributed by atoms with Crippen molar-refractivity contribution in [1.29, 1.82) is 0 Å². The highest BCUT2D eigenvalue weighted by atomic mass is 32.2. The van der Waals surface area contributed by atoms with Crippen molar-refractivity contribution in [3.63, 3.8) is 0 Å². The van der Waals surface area contributed by atoms with Crippen LogP contribution in [0.4, 0.5) is 5.69 Å². The number of carbonyl (C=O) groups excluding carboxylic acids is 2. The van der Waals surface area contributed by atoms with Crippen LogP contribution in [0.25, 0.3) is 0 Å². The van der Waals surface area contributed by atoms with Crippen LogP contribution in [-0.2, 0) is 0 Å². The first-order valence-electron chi connectivity index (χ1n) is 5.90. The molecular weight excluding hydrogens is 248 g/mol. The van der Waals surface area contributed by atoms with Crippen LogP contribution in [0.5, 0.6) is 0 Å². The number of imide groups is 1. The van der Waals surface area contributed by atoms with Gasteiger partial charge in [0.2, 0.25) is 0 Å². The van der Waals surface area contributed by atoms with Gasteiger partial charge in [0, 0.05) is 12.2 Å². The van der Waals surface area contributed by atoms with Gasteiger partial charge >= 0.3 is 0 Å². The molecule has 0 unspecified atom stereocenters. The van der Waals surface area contributed by atoms with E-state index in [0.717, 1.165) is 18.6 Å². The number of unbranched alkanes of at least 4 members (excludes halogenated alkanes) is 1. The molecule has 0 atom stereocenters. The Morgan fingerprint density at radius 3 is 2.67 bits per heavy atom. The lowest BCUT2D eigenvalue weighted by atomic mass is 10.1. The van der Waals surface area contributed by atoms with E-state index >= 15 is 0 Å². The number of anilines is 1. The zero-order chi connectivity index (χ0) is 13.1. The zero-order valence-electron chi connectivity index (χ0n) is 10.3. The predicted molar refractivity (Wildman–Crippen MR) is 73.8 cm³/mol. The Bertz CT molecular complexity index is 488. The molecule has 2 N–H and O–H groups in total. The summed E-state index contributed by atoms with van der Waals surface area (Å²) < 4.78 is 0. The third-order valence-electron chi connectivity index (χ3n) is 3.01. The van der Waals surface area contributed by atoms with Crippen molar-refractivity contribution >= 4 is 29.3 Å². The molecule has 0 saturated carbocycles. The van der Waals surface area contributed by atoms with Crippen molar-refractivity contribution < 1.29 is 9.59 Å². The summed E-state index contributed by atoms with van der Waals surface area (Å²) in [7, 11) is 0. The topological polar surface area (TPSA) is 63.4 Å². The Hall–Kier alpha value is -1.49. The minimum atomic E-state index is -0.253. The van der Waals surface area contributed by atoms with Gasteiger partial charge in [0.15, 0.2) is 0 Å². The summed E-state index contributed by atoms with van der Waals surface area (Å²) in [4.78, 5) is 25.5. The molecule has 0 fully saturated rings. The Morgan fingerprint density at radius 2 is 2.00 bits per heavy atom. The second-order valence-corrected chi connectivity index (χ2v) is 5.22. The molecule has 1 aliphatic heterocycles. The average molecular weight is 264 g/mol. The van der Waals surface area contributed by atoms with Crippen LogP contribution in [0, 0.1) is 0 Å². The summed E-state index contributed by atoms with van der Waals surface area (Å²) in [5, 5.41) is 0. The molecule has 0 spiro atoms. The lowest BCUT2D eigenvalue weighted by Gasteiger charge is -2.13. The van der Waals surface area contributed by atoms with Crippen LogP contribution in [0.3, 0.4) is 0 Å². The third-order valence-corrected chi connectivity index (χ3v) is 3.71. The molecule has 0 saturated heterocycles. The number of amides is 2. The van der Waals surface area contributed by atoms with Crippen molar-refractivity contribution in [2.45, 2.75) is 12.8 Å². The Balaban J connectivity index is 2.11. The fourth-order valence-corrected chi connectivity index (χ4v) is 2.57. The smallest absolute Gasteiger partial charge is 0.263 e. The molecular formula is C13H16N2O2S. The lowest BCUT2D eigenvalue weighted by Crippen LogP contribution is -2.30. The van der Waals surface area contributed by atoms with E-state index in [2.05, 4.69) is 0 Å². The number of nitrogens with two attached hydrogens (primary N) is 1. The van der Waals surface area contributed by atoms with E-state index in [-0.39, 0.29) is 11.8 Å². The largest absolute Gasteiger partial charge is 0.398 e. The van der Waals surface area contributed by atoms with Crippen molar-refractivity contribution in [1.82, 2.24) is 4.90 Å². The summed E-state index contributed by atoms with van der Waals surface area (Å²) in [6, 6.07) is 5.02. The Morgan fingerprint density at radius 1 is 1.22 bits per heavy atom. The van der Waals surface area contributed by atoms with Gasteiger partial charge in [0.05, 0.1) is 11.1 Å². The van der Waals surface area contributed by atoms with Gasteiger partial charge in [-0.3, -0.25) is 14.5 Å². The van der Waals surface area contributed by atoms with Crippen molar-refractivity contribution in [3.05, 3.63) is 29.3 Å². The number of nitrogens with zero attached hydrogens (tertiary/aromatic N) is 1. The van der Waals surface area contributed by atoms with Gasteiger partial charge in [-0.25, -0.2) is 0 Å². The zero-order valence-corrected chi connectivity index (χ0v) is 11.1. The number of rotatable bonds is 5. The normalized spacial score (nSPS) is 14.2. The fraction of sp³-hybridized carbons (Fsp3) is 0.385. The highest BCUT2D eigenvalue weighted by Crippen LogP contribution is 2.27. The van der Waals surface area contributed by atoms with E-state index in [9.17, 15) is 9.59 Å². The minimum absolute atomic E-state index is 0.216. The average Bonchev–Trinajstić information content (AvgIpc) is 2.60. The second kappa shape index (κ2) is 5.44. The number of carbonyl (C=O) groups is 2. The van der Waals surface area contributed by atoms with E-state index in [0.29, 0.717) is 23.4 Å². The van der Waals surface area contributed by atoms with Crippen LogP contribution in [-0.4, -0.2) is 35.3 Å². The highest BCUT2D eigenvalue weighted by Gasteiger charge is 2.36. The molecule has 4 nitrogen and oxygen atoms in total. The summed E-state index contributed by atoms with van der Waals surface area (Å²) in [6.45, 7) is 0.479. The van der Waals surface area contributed by atoms with Gasteiger partial charge < -0.3 is 5.73 Å². The molecule has 0 bridgehead atoms. The molecule has 1 aromatic carbocycles. The molecule has 2 rings (SSSR count). The van der Waals surface area contributed by atoms with E-state index < -0.39 is 0 Å². The quantitative estimate of drug-likeness (QED) is 0.502. The molecule has 18 heavy (non-hydrogen) atoms. The van der Waals surface area contributed by atoms with Crippen LogP contribution < -0.4 is 5.73 Å². The number of benzene rings is 1. The van der Waals surface area contributed by atoms with Crippen LogP contribution in [0.15, 0.2) is 18.2 Å². The van der Waals surface area contributed by atoms with E-state index in [1.807, 2.05) is 6.26 Å². The molecule has 1 heterocycles. The van der Waals surface area contributed by atoms with E-state index in [1.54, 1.807) is 30.0 Å². The summed E-state index contributed by atoms with van der Waals surface area (Å²) in [5.74, 6) is 0.578. The molecule has 5 heteroatoms. The second-order valence-electron chi connectivity index (χ2n) is 4.23. The number of nitrogen functional groups attached to an aromatic ring is 1. The molecule has 0 aromatic heterocycles. The standard InChI is InChI=1S/C13H16N2O2S/c1-18-8-3-2-7-15-12(16)9-5-4-6-10(14)11(9)13(15)17/h4-6H,2-3,7-8,14H2,1H3. The number of hydrogen-bond donors (Lipinski definition) is 1. The van der Waals surface area contributed by atoms with E-state index in [1.165, 1.54) is 4.90 Å². The van der Waals surface area contributed by atoms with Gasteiger partial charge in [0.25, 0.3) is 11.8 Å². The van der Waals surface area contributed by atoms with Gasteiger partial charge in [0.1, 0.15) is 0 Å². The molecule has 0 aliphatic carbocycles. The maximum Gasteiger partial charge on any atom is 0.263 e. The van der Waals surface area contributed by atoms with Crippen molar-refractivity contribution in [2.24, 2.45) is 0 Å². The third kappa shape index (κ3) is 2.22. The van der Waals surface area contributed by atoms with Crippen molar-refractivity contribution in [2.75, 3.05) is 24.3 Å². The van der Waals surface area contributed by atoms with Gasteiger partial charge in [-0.05, 0) is 37.0 Å². The molecule has 2 amide bonds. The molecule has 96 valence electrons. The highest BCUT2D eigenvalue weighted by molar-refractivity contribution is 7.98. The van der Waals surface area contributed by atoms with Crippen LogP contribution in [0.2, 0.25) is 0 Å². The van der Waals surface area contributed by atoms with Gasteiger partial charge in [-0.2, -0.15) is 11.8 Å². The molecule has 1 aromatic rings. The summed E-state index contributed by atoms with van der Waals surface area (Å²) in [6.07, 6.45) is 3.89. The van der Waals surface area contributed by atoms with Crippen LogP contribution >= 0.6 is 11.8 Å².